The fourth-order valence-electron chi connectivity index (χ4n) is 1.87. The molecule has 1 N–H and O–H groups in total. The van der Waals surface area contributed by atoms with Crippen molar-refractivity contribution in [3.05, 3.63) is 23.0 Å². The summed E-state index contributed by atoms with van der Waals surface area (Å²) in [5.74, 6) is 0.402. The van der Waals surface area contributed by atoms with Crippen LogP contribution < -0.4 is 5.32 Å². The highest BCUT2D eigenvalue weighted by Crippen LogP contribution is 2.11. The van der Waals surface area contributed by atoms with Crippen molar-refractivity contribution in [2.24, 2.45) is 5.92 Å². The van der Waals surface area contributed by atoms with Gasteiger partial charge in [0.1, 0.15) is 0 Å². The minimum Gasteiger partial charge on any atom is -0.350 e. The molecule has 1 atom stereocenters. The van der Waals surface area contributed by atoms with Gasteiger partial charge >= 0.3 is 0 Å². The van der Waals surface area contributed by atoms with Gasteiger partial charge in [0.15, 0.2) is 0 Å². The maximum atomic E-state index is 12.1. The van der Waals surface area contributed by atoms with Gasteiger partial charge in [0.25, 0.3) is 5.91 Å². The fourth-order valence-corrected chi connectivity index (χ4v) is 2.30. The monoisotopic (exact) mass is 283 g/mol. The Morgan fingerprint density at radius 1 is 1.42 bits per heavy atom. The molecule has 1 aromatic rings. The third kappa shape index (κ3) is 5.15. The standard InChI is InChI=1S/C14H22ClN3O/c1-5-13-12(7-10(4)17-18-13)14(19)16-8-11(15)6-9(2)3/h7,9,11H,5-6,8H2,1-4H3,(H,16,19). The summed E-state index contributed by atoms with van der Waals surface area (Å²) in [5, 5.41) is 10.9. The van der Waals surface area contributed by atoms with E-state index in [1.54, 1.807) is 6.07 Å². The Kier molecular flexibility index (Phi) is 6.22. The largest absolute Gasteiger partial charge is 0.350 e. The fraction of sp³-hybridized carbons (Fsp3) is 0.643. The number of hydrogen-bond donors (Lipinski definition) is 1. The summed E-state index contributed by atoms with van der Waals surface area (Å²) in [6.07, 6.45) is 1.57. The van der Waals surface area contributed by atoms with Crippen LogP contribution in [0, 0.1) is 12.8 Å². The number of hydrogen-bond acceptors (Lipinski definition) is 3. The highest BCUT2D eigenvalue weighted by Gasteiger charge is 2.14. The highest BCUT2D eigenvalue weighted by molar-refractivity contribution is 6.21. The van der Waals surface area contributed by atoms with Crippen LogP contribution in [0.2, 0.25) is 0 Å². The lowest BCUT2D eigenvalue weighted by Gasteiger charge is -2.13. The molecule has 0 saturated heterocycles. The zero-order valence-electron chi connectivity index (χ0n) is 12.0. The molecule has 0 fully saturated rings. The molecule has 19 heavy (non-hydrogen) atoms. The van der Waals surface area contributed by atoms with Crippen molar-refractivity contribution in [1.82, 2.24) is 15.5 Å². The quantitative estimate of drug-likeness (QED) is 0.817. The zero-order chi connectivity index (χ0) is 14.4. The Hall–Kier alpha value is -1.16. The number of aryl methyl sites for hydroxylation is 2. The Bertz CT molecular complexity index is 435. The van der Waals surface area contributed by atoms with Crippen molar-refractivity contribution in [1.29, 1.82) is 0 Å². The van der Waals surface area contributed by atoms with Crippen molar-refractivity contribution < 1.29 is 4.79 Å². The number of carbonyl (C=O) groups excluding carboxylic acids is 1. The number of aromatic nitrogens is 2. The van der Waals surface area contributed by atoms with Crippen molar-refractivity contribution in [2.75, 3.05) is 6.54 Å². The van der Waals surface area contributed by atoms with Crippen LogP contribution in [0.15, 0.2) is 6.07 Å². The van der Waals surface area contributed by atoms with Gasteiger partial charge in [0.05, 0.1) is 22.3 Å². The summed E-state index contributed by atoms with van der Waals surface area (Å²) in [5.41, 5.74) is 2.06. The number of carbonyl (C=O) groups is 1. The molecule has 1 amide bonds. The van der Waals surface area contributed by atoms with Crippen LogP contribution in [-0.4, -0.2) is 28.0 Å². The van der Waals surface area contributed by atoms with Crippen molar-refractivity contribution >= 4 is 17.5 Å². The third-order valence-corrected chi connectivity index (χ3v) is 3.12. The number of amides is 1. The molecule has 1 unspecified atom stereocenters. The number of alkyl halides is 1. The molecule has 0 saturated carbocycles. The molecule has 106 valence electrons. The lowest BCUT2D eigenvalue weighted by molar-refractivity contribution is 0.0951. The van der Waals surface area contributed by atoms with E-state index >= 15 is 0 Å². The lowest BCUT2D eigenvalue weighted by atomic mass is 10.1. The minimum absolute atomic E-state index is 0.0371. The summed E-state index contributed by atoms with van der Waals surface area (Å²) in [6.45, 7) is 8.49. The van der Waals surface area contributed by atoms with Gasteiger partial charge in [-0.2, -0.15) is 10.2 Å². The highest BCUT2D eigenvalue weighted by atomic mass is 35.5. The van der Waals surface area contributed by atoms with Crippen LogP contribution >= 0.6 is 11.6 Å². The van der Waals surface area contributed by atoms with Crippen LogP contribution in [0.1, 0.15) is 48.9 Å². The van der Waals surface area contributed by atoms with Crippen molar-refractivity contribution in [2.45, 2.75) is 45.9 Å². The first-order valence-corrected chi connectivity index (χ1v) is 7.13. The molecule has 1 rings (SSSR count). The molecule has 5 heteroatoms. The van der Waals surface area contributed by atoms with Gasteiger partial charge in [-0.25, -0.2) is 0 Å². The molecule has 0 radical (unpaired) electrons. The first-order valence-electron chi connectivity index (χ1n) is 6.69. The van der Waals surface area contributed by atoms with Gasteiger partial charge in [-0.15, -0.1) is 11.6 Å². The average Bonchev–Trinajstić information content (AvgIpc) is 2.35. The first kappa shape index (κ1) is 15.9. The van der Waals surface area contributed by atoms with Crippen LogP contribution in [0.4, 0.5) is 0 Å². The van der Waals surface area contributed by atoms with E-state index < -0.39 is 0 Å². The Labute approximate surface area is 120 Å². The molecule has 0 aliphatic carbocycles. The van der Waals surface area contributed by atoms with Gasteiger partial charge in [-0.1, -0.05) is 20.8 Å². The number of nitrogens with one attached hydrogen (secondary N) is 1. The van der Waals surface area contributed by atoms with Crippen LogP contribution in [-0.2, 0) is 6.42 Å². The van der Waals surface area contributed by atoms with E-state index in [0.29, 0.717) is 24.4 Å². The predicted molar refractivity (Wildman–Crippen MR) is 77.6 cm³/mol. The SMILES string of the molecule is CCc1nnc(C)cc1C(=O)NCC(Cl)CC(C)C. The van der Waals surface area contributed by atoms with Gasteiger partial charge in [-0.05, 0) is 31.7 Å². The van der Waals surface area contributed by atoms with Crippen LogP contribution in [0.5, 0.6) is 0 Å². The van der Waals surface area contributed by atoms with E-state index in [1.807, 2.05) is 13.8 Å². The molecular formula is C14H22ClN3O. The smallest absolute Gasteiger partial charge is 0.253 e. The second-order valence-electron chi connectivity index (χ2n) is 5.14. The third-order valence-electron chi connectivity index (χ3n) is 2.78. The lowest BCUT2D eigenvalue weighted by Crippen LogP contribution is -2.31. The maximum Gasteiger partial charge on any atom is 0.253 e. The van der Waals surface area contributed by atoms with Gasteiger partial charge in [0.2, 0.25) is 0 Å². The molecule has 0 aliphatic rings. The van der Waals surface area contributed by atoms with Crippen molar-refractivity contribution in [3.8, 4) is 0 Å². The number of halogens is 1. The van der Waals surface area contributed by atoms with Crippen LogP contribution in [0.25, 0.3) is 0 Å². The maximum absolute atomic E-state index is 12.1. The Morgan fingerprint density at radius 2 is 2.11 bits per heavy atom. The van der Waals surface area contributed by atoms with Gasteiger partial charge < -0.3 is 5.32 Å². The molecule has 0 aromatic carbocycles. The van der Waals surface area contributed by atoms with Gasteiger partial charge in [-0.3, -0.25) is 4.79 Å². The summed E-state index contributed by atoms with van der Waals surface area (Å²) in [4.78, 5) is 12.1. The van der Waals surface area contributed by atoms with E-state index in [1.165, 1.54) is 0 Å². The molecule has 0 bridgehead atoms. The second kappa shape index (κ2) is 7.43. The predicted octanol–water partition coefficient (Wildman–Crippen LogP) is 2.73. The van der Waals surface area contributed by atoms with Gasteiger partial charge in [0, 0.05) is 6.54 Å². The van der Waals surface area contributed by atoms with E-state index in [0.717, 1.165) is 17.8 Å². The number of rotatable bonds is 6. The molecule has 0 spiro atoms. The van der Waals surface area contributed by atoms with E-state index in [2.05, 4.69) is 29.4 Å². The molecule has 4 nitrogen and oxygen atoms in total. The Morgan fingerprint density at radius 3 is 2.68 bits per heavy atom. The topological polar surface area (TPSA) is 54.9 Å². The van der Waals surface area contributed by atoms with Crippen molar-refractivity contribution in [3.63, 3.8) is 0 Å². The molecule has 0 aliphatic heterocycles. The summed E-state index contributed by atoms with van der Waals surface area (Å²) < 4.78 is 0. The normalized spacial score (nSPS) is 12.5. The first-order chi connectivity index (χ1) is 8.93. The number of nitrogens with zero attached hydrogens (tertiary/aromatic N) is 2. The summed E-state index contributed by atoms with van der Waals surface area (Å²) in [6, 6.07) is 1.77. The van der Waals surface area contributed by atoms with Crippen LogP contribution in [0.3, 0.4) is 0 Å². The minimum atomic E-state index is -0.121. The zero-order valence-corrected chi connectivity index (χ0v) is 12.8. The average molecular weight is 284 g/mol. The molecule has 1 heterocycles. The van der Waals surface area contributed by atoms with E-state index in [9.17, 15) is 4.79 Å². The Balaban J connectivity index is 2.65. The summed E-state index contributed by atoms with van der Waals surface area (Å²) >= 11 is 6.17. The molecular weight excluding hydrogens is 262 g/mol. The van der Waals surface area contributed by atoms with E-state index in [-0.39, 0.29) is 11.3 Å². The summed E-state index contributed by atoms with van der Waals surface area (Å²) in [7, 11) is 0. The second-order valence-corrected chi connectivity index (χ2v) is 5.75. The van der Waals surface area contributed by atoms with E-state index in [4.69, 9.17) is 11.6 Å². The molecule has 1 aromatic heterocycles.